The topological polar surface area (TPSA) is 45.2 Å². The number of likely N-dealkylation sites (tertiary alicyclic amines) is 1. The number of aromatic nitrogens is 1. The predicted molar refractivity (Wildman–Crippen MR) is 77.4 cm³/mol. The lowest BCUT2D eigenvalue weighted by Gasteiger charge is -2.29. The lowest BCUT2D eigenvalue weighted by Crippen LogP contribution is -2.40. The van der Waals surface area contributed by atoms with Crippen LogP contribution in [-0.4, -0.2) is 35.4 Å². The molecule has 104 valence electrons. The maximum absolute atomic E-state index is 12.7. The number of pyridine rings is 1. The van der Waals surface area contributed by atoms with Crippen molar-refractivity contribution in [3.63, 3.8) is 0 Å². The van der Waals surface area contributed by atoms with Crippen LogP contribution in [-0.2, 0) is 0 Å². The average Bonchev–Trinajstić information content (AvgIpc) is 2.71. The Hall–Kier alpha value is -1.58. The van der Waals surface area contributed by atoms with Gasteiger partial charge in [0, 0.05) is 25.8 Å². The van der Waals surface area contributed by atoms with Gasteiger partial charge in [-0.15, -0.1) is 0 Å². The molecule has 4 heteroatoms. The van der Waals surface area contributed by atoms with Crippen molar-refractivity contribution < 1.29 is 4.79 Å². The maximum Gasteiger partial charge on any atom is 0.257 e. The minimum atomic E-state index is 0.117. The highest BCUT2D eigenvalue weighted by Crippen LogP contribution is 2.23. The largest absolute Gasteiger partial charge is 0.372 e. The van der Waals surface area contributed by atoms with Crippen LogP contribution >= 0.6 is 0 Å². The Morgan fingerprint density at radius 1 is 1.47 bits per heavy atom. The third-order valence-electron chi connectivity index (χ3n) is 3.88. The first-order chi connectivity index (χ1) is 9.27. The molecule has 1 aromatic heterocycles. The second-order valence-electron chi connectivity index (χ2n) is 5.06. The van der Waals surface area contributed by atoms with Gasteiger partial charge in [0.15, 0.2) is 0 Å². The van der Waals surface area contributed by atoms with E-state index < -0.39 is 0 Å². The van der Waals surface area contributed by atoms with Gasteiger partial charge in [0.2, 0.25) is 0 Å². The number of carbonyl (C=O) groups is 1. The van der Waals surface area contributed by atoms with Crippen molar-refractivity contribution in [2.24, 2.45) is 0 Å². The normalized spacial score (nSPS) is 19.9. The van der Waals surface area contributed by atoms with Gasteiger partial charge in [-0.1, -0.05) is 19.8 Å². The Bertz CT molecular complexity index is 433. The molecule has 1 fully saturated rings. The summed E-state index contributed by atoms with van der Waals surface area (Å²) in [5.74, 6) is 0.790. The van der Waals surface area contributed by atoms with E-state index in [1.54, 1.807) is 13.2 Å². The van der Waals surface area contributed by atoms with Crippen molar-refractivity contribution >= 4 is 11.7 Å². The van der Waals surface area contributed by atoms with Crippen molar-refractivity contribution in [2.45, 2.75) is 45.1 Å². The van der Waals surface area contributed by atoms with E-state index in [9.17, 15) is 4.79 Å². The lowest BCUT2D eigenvalue weighted by molar-refractivity contribution is 0.0679. The zero-order valence-corrected chi connectivity index (χ0v) is 11.9. The molecule has 0 bridgehead atoms. The molecule has 1 atom stereocenters. The molecule has 0 spiro atoms. The molecule has 0 radical (unpaired) electrons. The molecular formula is C15H23N3O. The van der Waals surface area contributed by atoms with Crippen molar-refractivity contribution in [3.8, 4) is 0 Å². The monoisotopic (exact) mass is 261 g/mol. The fourth-order valence-corrected chi connectivity index (χ4v) is 2.80. The van der Waals surface area contributed by atoms with E-state index in [4.69, 9.17) is 0 Å². The van der Waals surface area contributed by atoms with Crippen LogP contribution in [0.1, 0.15) is 49.4 Å². The first kappa shape index (κ1) is 13.8. The molecule has 19 heavy (non-hydrogen) atoms. The van der Waals surface area contributed by atoms with Crippen molar-refractivity contribution in [1.29, 1.82) is 0 Å². The van der Waals surface area contributed by atoms with Crippen LogP contribution in [0.3, 0.4) is 0 Å². The molecule has 0 saturated carbocycles. The Morgan fingerprint density at radius 2 is 2.32 bits per heavy atom. The van der Waals surface area contributed by atoms with Gasteiger partial charge in [0.05, 0.1) is 5.56 Å². The van der Waals surface area contributed by atoms with E-state index in [2.05, 4.69) is 17.2 Å². The first-order valence-electron chi connectivity index (χ1n) is 7.21. The summed E-state index contributed by atoms with van der Waals surface area (Å²) in [4.78, 5) is 19.0. The molecule has 1 aliphatic heterocycles. The Labute approximate surface area is 115 Å². The molecule has 1 unspecified atom stereocenters. The van der Waals surface area contributed by atoms with Crippen LogP contribution in [0, 0.1) is 0 Å². The van der Waals surface area contributed by atoms with Crippen molar-refractivity contribution in [2.75, 3.05) is 18.9 Å². The zero-order chi connectivity index (χ0) is 13.7. The summed E-state index contributed by atoms with van der Waals surface area (Å²) in [5.41, 5.74) is 0.686. The molecule has 1 N–H and O–H groups in total. The van der Waals surface area contributed by atoms with Crippen molar-refractivity contribution in [3.05, 3.63) is 23.9 Å². The summed E-state index contributed by atoms with van der Waals surface area (Å²) in [5, 5.41) is 3.01. The minimum absolute atomic E-state index is 0.117. The number of rotatable bonds is 3. The van der Waals surface area contributed by atoms with Crippen molar-refractivity contribution in [1.82, 2.24) is 9.88 Å². The van der Waals surface area contributed by atoms with E-state index >= 15 is 0 Å². The molecule has 1 aromatic rings. The van der Waals surface area contributed by atoms with Gasteiger partial charge in [-0.25, -0.2) is 4.98 Å². The summed E-state index contributed by atoms with van der Waals surface area (Å²) in [6.45, 7) is 3.04. The number of carbonyl (C=O) groups excluding carboxylic acids is 1. The Balaban J connectivity index is 2.25. The number of anilines is 1. The smallest absolute Gasteiger partial charge is 0.257 e. The number of nitrogens with zero attached hydrogens (tertiary/aromatic N) is 2. The summed E-state index contributed by atoms with van der Waals surface area (Å²) in [6.07, 6.45) is 7.43. The van der Waals surface area contributed by atoms with Gasteiger partial charge in [0.1, 0.15) is 5.82 Å². The van der Waals surface area contributed by atoms with Gasteiger partial charge in [0.25, 0.3) is 5.91 Å². The summed E-state index contributed by atoms with van der Waals surface area (Å²) >= 11 is 0. The second-order valence-corrected chi connectivity index (χ2v) is 5.06. The standard InChI is InChI=1S/C15H23N3O/c1-3-12-8-5-4-6-11-18(12)15(19)13-9-7-10-17-14(13)16-2/h7,9-10,12H,3-6,8,11H2,1-2H3,(H,16,17). The summed E-state index contributed by atoms with van der Waals surface area (Å²) < 4.78 is 0. The molecule has 4 nitrogen and oxygen atoms in total. The zero-order valence-electron chi connectivity index (χ0n) is 11.9. The van der Waals surface area contributed by atoms with Crippen LogP contribution in [0.4, 0.5) is 5.82 Å². The fraction of sp³-hybridized carbons (Fsp3) is 0.600. The molecule has 0 aliphatic carbocycles. The quantitative estimate of drug-likeness (QED) is 0.910. The van der Waals surface area contributed by atoms with Crippen LogP contribution in [0.25, 0.3) is 0 Å². The predicted octanol–water partition coefficient (Wildman–Crippen LogP) is 2.92. The maximum atomic E-state index is 12.7. The molecule has 2 heterocycles. The van der Waals surface area contributed by atoms with Crippen LogP contribution in [0.5, 0.6) is 0 Å². The summed E-state index contributed by atoms with van der Waals surface area (Å²) in [7, 11) is 1.80. The summed E-state index contributed by atoms with van der Waals surface area (Å²) in [6, 6.07) is 4.06. The fourth-order valence-electron chi connectivity index (χ4n) is 2.80. The van der Waals surface area contributed by atoms with E-state index in [1.165, 1.54) is 12.8 Å². The molecule has 1 aliphatic rings. The van der Waals surface area contributed by atoms with E-state index in [1.807, 2.05) is 17.0 Å². The molecule has 1 saturated heterocycles. The molecular weight excluding hydrogens is 238 g/mol. The molecule has 0 aromatic carbocycles. The Morgan fingerprint density at radius 3 is 3.05 bits per heavy atom. The highest BCUT2D eigenvalue weighted by molar-refractivity contribution is 5.98. The molecule has 2 rings (SSSR count). The number of hydrogen-bond acceptors (Lipinski definition) is 3. The third-order valence-corrected chi connectivity index (χ3v) is 3.88. The van der Waals surface area contributed by atoms with E-state index in [-0.39, 0.29) is 5.91 Å². The molecule has 1 amide bonds. The van der Waals surface area contributed by atoms with Gasteiger partial charge >= 0.3 is 0 Å². The van der Waals surface area contributed by atoms with Gasteiger partial charge in [-0.2, -0.15) is 0 Å². The van der Waals surface area contributed by atoms with Gasteiger partial charge in [-0.05, 0) is 31.4 Å². The Kier molecular flexibility index (Phi) is 4.77. The highest BCUT2D eigenvalue weighted by Gasteiger charge is 2.26. The highest BCUT2D eigenvalue weighted by atomic mass is 16.2. The third kappa shape index (κ3) is 3.06. The van der Waals surface area contributed by atoms with Gasteiger partial charge < -0.3 is 10.2 Å². The number of amides is 1. The van der Waals surface area contributed by atoms with Crippen LogP contribution in [0.15, 0.2) is 18.3 Å². The van der Waals surface area contributed by atoms with Crippen LogP contribution in [0.2, 0.25) is 0 Å². The number of nitrogens with one attached hydrogen (secondary N) is 1. The number of hydrogen-bond donors (Lipinski definition) is 1. The van der Waals surface area contributed by atoms with E-state index in [0.29, 0.717) is 17.4 Å². The average molecular weight is 261 g/mol. The first-order valence-corrected chi connectivity index (χ1v) is 7.21. The van der Waals surface area contributed by atoms with E-state index in [0.717, 1.165) is 25.8 Å². The van der Waals surface area contributed by atoms with Gasteiger partial charge in [-0.3, -0.25) is 4.79 Å². The lowest BCUT2D eigenvalue weighted by atomic mass is 10.1. The van der Waals surface area contributed by atoms with Crippen LogP contribution < -0.4 is 5.32 Å². The minimum Gasteiger partial charge on any atom is -0.372 e. The second kappa shape index (κ2) is 6.55. The SMILES string of the molecule is CCC1CCCCCN1C(=O)c1cccnc1NC.